The highest BCUT2D eigenvalue weighted by atomic mass is 32.2. The number of aliphatic hydroxyl groups is 1. The van der Waals surface area contributed by atoms with Crippen LogP contribution in [0.1, 0.15) is 41.2 Å². The number of aliphatic imine (C=N–C) groups is 1. The fourth-order valence-electron chi connectivity index (χ4n) is 6.17. The van der Waals surface area contributed by atoms with Gasteiger partial charge in [-0.2, -0.15) is 13.2 Å². The van der Waals surface area contributed by atoms with Crippen LogP contribution in [0.15, 0.2) is 143 Å². The third-order valence-electron chi connectivity index (χ3n) is 8.97. The van der Waals surface area contributed by atoms with Gasteiger partial charge in [-0.1, -0.05) is 91.0 Å². The van der Waals surface area contributed by atoms with Gasteiger partial charge in [-0.25, -0.2) is 13.4 Å². The van der Waals surface area contributed by atoms with E-state index in [9.17, 15) is 26.4 Å². The molecule has 2 N–H and O–H groups in total. The van der Waals surface area contributed by atoms with Gasteiger partial charge in [-0.05, 0) is 64.7 Å². The monoisotopic (exact) mass is 742 g/mol. The first-order valence-electron chi connectivity index (χ1n) is 17.0. The van der Waals surface area contributed by atoms with Crippen molar-refractivity contribution >= 4 is 21.6 Å². The van der Waals surface area contributed by atoms with Gasteiger partial charge < -0.3 is 19.9 Å². The van der Waals surface area contributed by atoms with E-state index in [0.717, 1.165) is 17.2 Å². The van der Waals surface area contributed by atoms with Crippen molar-refractivity contribution in [2.45, 2.75) is 42.1 Å². The van der Waals surface area contributed by atoms with Crippen molar-refractivity contribution in [1.82, 2.24) is 5.32 Å². The first-order valence-corrected chi connectivity index (χ1v) is 18.6. The molecule has 2 atom stereocenters. The number of hydrogen-bond acceptors (Lipinski definition) is 7. The van der Waals surface area contributed by atoms with Crippen LogP contribution in [0.25, 0.3) is 11.1 Å². The SMILES string of the molecule is O=C(NCc1ccccc1C(F)(F)F)[C@]1(CCS(=O)(=O)c2ccccc2)N=C(c2ccc(OCCCO)cc2)O[C@@H]1c1ccc(-c2ccccc2)cc1. The molecule has 1 aliphatic heterocycles. The summed E-state index contributed by atoms with van der Waals surface area (Å²) < 4.78 is 81.2. The lowest BCUT2D eigenvalue weighted by Gasteiger charge is -2.31. The number of benzene rings is 5. The maximum absolute atomic E-state index is 14.6. The molecule has 0 fully saturated rings. The van der Waals surface area contributed by atoms with Crippen LogP contribution in [0.3, 0.4) is 0 Å². The number of aliphatic hydroxyl groups excluding tert-OH is 1. The number of halogens is 3. The maximum atomic E-state index is 14.6. The summed E-state index contributed by atoms with van der Waals surface area (Å²) >= 11 is 0. The van der Waals surface area contributed by atoms with Gasteiger partial charge in [0.25, 0.3) is 5.91 Å². The molecule has 53 heavy (non-hydrogen) atoms. The Morgan fingerprint density at radius 2 is 1.42 bits per heavy atom. The van der Waals surface area contributed by atoms with E-state index in [1.807, 2.05) is 42.5 Å². The molecule has 274 valence electrons. The minimum Gasteiger partial charge on any atom is -0.494 e. The Kier molecular flexibility index (Phi) is 11.3. The highest BCUT2D eigenvalue weighted by molar-refractivity contribution is 7.91. The third-order valence-corrected chi connectivity index (χ3v) is 10.7. The van der Waals surface area contributed by atoms with E-state index in [0.29, 0.717) is 29.9 Å². The number of nitrogens with one attached hydrogen (secondary N) is 1. The van der Waals surface area contributed by atoms with Crippen LogP contribution in [0.4, 0.5) is 13.2 Å². The molecule has 0 saturated heterocycles. The highest BCUT2D eigenvalue weighted by Crippen LogP contribution is 2.44. The van der Waals surface area contributed by atoms with Crippen molar-refractivity contribution in [1.29, 1.82) is 0 Å². The molecule has 0 radical (unpaired) electrons. The molecule has 0 aliphatic carbocycles. The average molecular weight is 743 g/mol. The Morgan fingerprint density at radius 1 is 0.811 bits per heavy atom. The standard InChI is InChI=1S/C41H37F3N2O6S/c42-41(43,44)36-15-8-7-12-33(36)28-45-39(48)40(24-27-53(49,50)35-13-5-2-6-14-35)37(31-18-16-30(17-19-31)29-10-3-1-4-11-29)52-38(46-40)32-20-22-34(23-21-32)51-26-9-25-47/h1-8,10-23,37,47H,9,24-28H2,(H,45,48)/t37-,40-/m1/s1. The van der Waals surface area contributed by atoms with Gasteiger partial charge in [0.2, 0.25) is 5.90 Å². The number of ether oxygens (including phenoxy) is 2. The van der Waals surface area contributed by atoms with Crippen LogP contribution in [0.2, 0.25) is 0 Å². The largest absolute Gasteiger partial charge is 0.494 e. The van der Waals surface area contributed by atoms with E-state index in [4.69, 9.17) is 19.6 Å². The van der Waals surface area contributed by atoms with E-state index in [-0.39, 0.29) is 29.4 Å². The quantitative estimate of drug-likeness (QED) is 0.114. The number of carbonyl (C=O) groups excluding carboxylic acids is 1. The van der Waals surface area contributed by atoms with Crippen molar-refractivity contribution in [3.8, 4) is 16.9 Å². The summed E-state index contributed by atoms with van der Waals surface area (Å²) in [6.45, 7) is -0.223. The summed E-state index contributed by atoms with van der Waals surface area (Å²) in [4.78, 5) is 19.5. The van der Waals surface area contributed by atoms with Crippen LogP contribution in [0.5, 0.6) is 5.75 Å². The van der Waals surface area contributed by atoms with E-state index >= 15 is 0 Å². The predicted octanol–water partition coefficient (Wildman–Crippen LogP) is 7.57. The van der Waals surface area contributed by atoms with Gasteiger partial charge in [0.05, 0.1) is 22.8 Å². The fraction of sp³-hybridized carbons (Fsp3) is 0.220. The van der Waals surface area contributed by atoms with Crippen LogP contribution >= 0.6 is 0 Å². The highest BCUT2D eigenvalue weighted by Gasteiger charge is 2.53. The predicted molar refractivity (Wildman–Crippen MR) is 195 cm³/mol. The summed E-state index contributed by atoms with van der Waals surface area (Å²) in [7, 11) is -3.95. The molecule has 0 unspecified atom stereocenters. The van der Waals surface area contributed by atoms with Gasteiger partial charge in [0.1, 0.15) is 5.75 Å². The summed E-state index contributed by atoms with van der Waals surface area (Å²) in [5.74, 6) is -0.740. The molecule has 12 heteroatoms. The Morgan fingerprint density at radius 3 is 2.08 bits per heavy atom. The summed E-state index contributed by atoms with van der Waals surface area (Å²) in [5, 5.41) is 11.8. The number of alkyl halides is 3. The van der Waals surface area contributed by atoms with Gasteiger partial charge in [-0.15, -0.1) is 0 Å². The van der Waals surface area contributed by atoms with Crippen LogP contribution in [-0.2, 0) is 32.1 Å². The molecule has 5 aromatic carbocycles. The van der Waals surface area contributed by atoms with Crippen molar-refractivity contribution in [2.75, 3.05) is 19.0 Å². The maximum Gasteiger partial charge on any atom is 0.416 e. The Hall–Kier alpha value is -5.46. The molecule has 1 aliphatic rings. The normalized spacial score (nSPS) is 17.1. The fourth-order valence-corrected chi connectivity index (χ4v) is 7.55. The van der Waals surface area contributed by atoms with Crippen molar-refractivity contribution in [2.24, 2.45) is 4.99 Å². The molecule has 6 rings (SSSR count). The molecular formula is C41H37F3N2O6S. The summed E-state index contributed by atoms with van der Waals surface area (Å²) in [6, 6.07) is 36.3. The second-order valence-electron chi connectivity index (χ2n) is 12.5. The van der Waals surface area contributed by atoms with E-state index in [1.165, 1.54) is 30.3 Å². The summed E-state index contributed by atoms with van der Waals surface area (Å²) in [5.41, 5.74) is -0.175. The molecule has 0 saturated carbocycles. The zero-order valence-corrected chi connectivity index (χ0v) is 29.3. The first-order chi connectivity index (χ1) is 25.5. The second kappa shape index (κ2) is 16.1. The number of nitrogens with zero attached hydrogens (tertiary/aromatic N) is 1. The Balaban J connectivity index is 1.42. The van der Waals surface area contributed by atoms with Gasteiger partial charge >= 0.3 is 6.18 Å². The van der Waals surface area contributed by atoms with Crippen LogP contribution < -0.4 is 10.1 Å². The topological polar surface area (TPSA) is 114 Å². The summed E-state index contributed by atoms with van der Waals surface area (Å²) in [6.07, 6.45) is -5.74. The van der Waals surface area contributed by atoms with Gasteiger partial charge in [-0.3, -0.25) is 4.79 Å². The van der Waals surface area contributed by atoms with Crippen molar-refractivity contribution in [3.05, 3.63) is 156 Å². The number of amides is 1. The van der Waals surface area contributed by atoms with Crippen LogP contribution in [0, 0.1) is 0 Å². The zero-order valence-electron chi connectivity index (χ0n) is 28.5. The van der Waals surface area contributed by atoms with E-state index < -0.39 is 51.4 Å². The van der Waals surface area contributed by atoms with Crippen molar-refractivity contribution < 1.29 is 41.0 Å². The van der Waals surface area contributed by atoms with E-state index in [2.05, 4.69) is 5.32 Å². The van der Waals surface area contributed by atoms with Gasteiger partial charge in [0.15, 0.2) is 21.5 Å². The second-order valence-corrected chi connectivity index (χ2v) is 14.6. The molecule has 1 heterocycles. The van der Waals surface area contributed by atoms with E-state index in [1.54, 1.807) is 54.6 Å². The Bertz CT molecular complexity index is 2140. The number of hydrogen-bond donors (Lipinski definition) is 2. The lowest BCUT2D eigenvalue weighted by atomic mass is 9.84. The van der Waals surface area contributed by atoms with Crippen LogP contribution in [-0.4, -0.2) is 49.8 Å². The third kappa shape index (κ3) is 8.61. The molecule has 0 aromatic heterocycles. The lowest BCUT2D eigenvalue weighted by molar-refractivity contribution is -0.138. The smallest absolute Gasteiger partial charge is 0.416 e. The first kappa shape index (κ1) is 37.3. The van der Waals surface area contributed by atoms with Crippen molar-refractivity contribution in [3.63, 3.8) is 0 Å². The average Bonchev–Trinajstić information content (AvgIpc) is 3.58. The zero-order chi connectivity index (χ0) is 37.5. The number of sulfone groups is 1. The molecular weight excluding hydrogens is 706 g/mol. The Labute approximate surface area is 305 Å². The number of rotatable bonds is 14. The molecule has 5 aromatic rings. The lowest BCUT2D eigenvalue weighted by Crippen LogP contribution is -2.49. The number of carbonyl (C=O) groups is 1. The minimum absolute atomic E-state index is 0.0254. The molecule has 8 nitrogen and oxygen atoms in total. The minimum atomic E-state index is -4.67. The molecule has 0 bridgehead atoms. The van der Waals surface area contributed by atoms with Gasteiger partial charge in [0, 0.05) is 31.6 Å². The molecule has 1 amide bonds. The molecule has 0 spiro atoms.